The quantitative estimate of drug-likeness (QED) is 0.750. The van der Waals surface area contributed by atoms with Gasteiger partial charge in [0.15, 0.2) is 0 Å². The summed E-state index contributed by atoms with van der Waals surface area (Å²) in [7, 11) is 0. The average molecular weight is 311 g/mol. The van der Waals surface area contributed by atoms with Gasteiger partial charge in [0.05, 0.1) is 18.0 Å². The van der Waals surface area contributed by atoms with Crippen LogP contribution in [0.3, 0.4) is 0 Å². The smallest absolute Gasteiger partial charge is 0.233 e. The Balaban J connectivity index is 2.51. The number of likely N-dealkylation sites (N-methyl/N-ethyl adjacent to an activating group) is 1. The number of thioether (sulfide) groups is 1. The van der Waals surface area contributed by atoms with Gasteiger partial charge in [-0.2, -0.15) is 0 Å². The minimum atomic E-state index is -0.866. The lowest BCUT2D eigenvalue weighted by Gasteiger charge is -2.28. The van der Waals surface area contributed by atoms with Crippen LogP contribution < -0.4 is 4.74 Å². The minimum Gasteiger partial charge on any atom is -0.494 e. The third kappa shape index (κ3) is 6.87. The standard InChI is InChI=1S/C16H25NO3S/c1-5-17(12-16(3,4)19)15(18)11-21-14-9-7-13(8-10-14)20-6-2/h7-10,19H,5-6,11-12H2,1-4H3. The van der Waals surface area contributed by atoms with Crippen LogP contribution >= 0.6 is 11.8 Å². The number of carbonyl (C=O) groups is 1. The molecule has 4 nitrogen and oxygen atoms in total. The molecule has 21 heavy (non-hydrogen) atoms. The number of rotatable bonds is 8. The van der Waals surface area contributed by atoms with Gasteiger partial charge in [-0.3, -0.25) is 4.79 Å². The van der Waals surface area contributed by atoms with Crippen molar-refractivity contribution in [2.75, 3.05) is 25.4 Å². The van der Waals surface area contributed by atoms with E-state index in [1.807, 2.05) is 38.1 Å². The molecule has 1 amide bonds. The maximum absolute atomic E-state index is 12.2. The van der Waals surface area contributed by atoms with E-state index in [1.165, 1.54) is 11.8 Å². The largest absolute Gasteiger partial charge is 0.494 e. The Bertz CT molecular complexity index is 440. The number of ether oxygens (including phenoxy) is 1. The van der Waals surface area contributed by atoms with Crippen LogP contribution in [0.5, 0.6) is 5.75 Å². The number of carbonyl (C=O) groups excluding carboxylic acids is 1. The molecule has 0 aliphatic rings. The summed E-state index contributed by atoms with van der Waals surface area (Å²) in [6, 6.07) is 7.72. The Hall–Kier alpha value is -1.20. The summed E-state index contributed by atoms with van der Waals surface area (Å²) in [5.74, 6) is 1.25. The second-order valence-electron chi connectivity index (χ2n) is 5.41. The molecule has 0 atom stereocenters. The first kappa shape index (κ1) is 17.9. The molecule has 1 aromatic carbocycles. The Morgan fingerprint density at radius 1 is 1.29 bits per heavy atom. The lowest BCUT2D eigenvalue weighted by atomic mass is 10.1. The van der Waals surface area contributed by atoms with E-state index in [4.69, 9.17) is 4.74 Å². The highest BCUT2D eigenvalue weighted by molar-refractivity contribution is 8.00. The highest BCUT2D eigenvalue weighted by Gasteiger charge is 2.21. The number of hydrogen-bond donors (Lipinski definition) is 1. The van der Waals surface area contributed by atoms with Gasteiger partial charge in [0.25, 0.3) is 0 Å². The Labute approximate surface area is 131 Å². The molecule has 0 aliphatic heterocycles. The van der Waals surface area contributed by atoms with E-state index in [0.717, 1.165) is 10.6 Å². The van der Waals surface area contributed by atoms with Gasteiger partial charge in [0, 0.05) is 18.0 Å². The molecular formula is C16H25NO3S. The minimum absolute atomic E-state index is 0.0403. The van der Waals surface area contributed by atoms with Gasteiger partial charge in [-0.15, -0.1) is 11.8 Å². The van der Waals surface area contributed by atoms with Gasteiger partial charge in [0.1, 0.15) is 5.75 Å². The van der Waals surface area contributed by atoms with Crippen LogP contribution in [0.15, 0.2) is 29.2 Å². The fourth-order valence-corrected chi connectivity index (χ4v) is 2.68. The van der Waals surface area contributed by atoms with E-state index in [9.17, 15) is 9.90 Å². The highest BCUT2D eigenvalue weighted by Crippen LogP contribution is 2.22. The molecule has 0 heterocycles. The zero-order valence-electron chi connectivity index (χ0n) is 13.3. The van der Waals surface area contributed by atoms with E-state index in [-0.39, 0.29) is 5.91 Å². The maximum atomic E-state index is 12.2. The molecule has 1 aromatic rings. The topological polar surface area (TPSA) is 49.8 Å². The second-order valence-corrected chi connectivity index (χ2v) is 6.46. The van der Waals surface area contributed by atoms with E-state index in [1.54, 1.807) is 18.7 Å². The van der Waals surface area contributed by atoms with Gasteiger partial charge in [0.2, 0.25) is 5.91 Å². The van der Waals surface area contributed by atoms with E-state index in [0.29, 0.717) is 25.4 Å². The van der Waals surface area contributed by atoms with Crippen LogP contribution in [0.1, 0.15) is 27.7 Å². The van der Waals surface area contributed by atoms with Crippen molar-refractivity contribution in [3.8, 4) is 5.75 Å². The van der Waals surface area contributed by atoms with Gasteiger partial charge in [-0.05, 0) is 52.0 Å². The van der Waals surface area contributed by atoms with Gasteiger partial charge >= 0.3 is 0 Å². The molecule has 0 saturated carbocycles. The summed E-state index contributed by atoms with van der Waals surface area (Å²) in [6.45, 7) is 8.89. The Morgan fingerprint density at radius 2 is 1.90 bits per heavy atom. The first-order valence-electron chi connectivity index (χ1n) is 7.21. The predicted octanol–water partition coefficient (Wildman–Crippen LogP) is 2.80. The van der Waals surface area contributed by atoms with Crippen molar-refractivity contribution >= 4 is 17.7 Å². The first-order valence-corrected chi connectivity index (χ1v) is 8.20. The summed E-state index contributed by atoms with van der Waals surface area (Å²) in [5.41, 5.74) is -0.866. The molecular weight excluding hydrogens is 286 g/mol. The van der Waals surface area contributed by atoms with Crippen LogP contribution in [0.4, 0.5) is 0 Å². The molecule has 118 valence electrons. The van der Waals surface area contributed by atoms with Crippen LogP contribution in [0.25, 0.3) is 0 Å². The second kappa shape index (κ2) is 8.29. The van der Waals surface area contributed by atoms with Gasteiger partial charge < -0.3 is 14.7 Å². The van der Waals surface area contributed by atoms with Crippen LogP contribution in [-0.2, 0) is 4.79 Å². The number of hydrogen-bond acceptors (Lipinski definition) is 4. The van der Waals surface area contributed by atoms with Crippen molar-refractivity contribution in [3.05, 3.63) is 24.3 Å². The molecule has 0 aliphatic carbocycles. The first-order chi connectivity index (χ1) is 9.85. The van der Waals surface area contributed by atoms with E-state index in [2.05, 4.69) is 0 Å². The van der Waals surface area contributed by atoms with Crippen LogP contribution in [0.2, 0.25) is 0 Å². The molecule has 0 unspecified atom stereocenters. The van der Waals surface area contributed by atoms with Crippen molar-refractivity contribution in [3.63, 3.8) is 0 Å². The monoisotopic (exact) mass is 311 g/mol. The zero-order valence-corrected chi connectivity index (χ0v) is 14.1. The lowest BCUT2D eigenvalue weighted by Crippen LogP contribution is -2.42. The molecule has 0 spiro atoms. The van der Waals surface area contributed by atoms with Gasteiger partial charge in [-0.25, -0.2) is 0 Å². The highest BCUT2D eigenvalue weighted by atomic mass is 32.2. The Kier molecular flexibility index (Phi) is 7.05. The van der Waals surface area contributed by atoms with E-state index >= 15 is 0 Å². The number of aliphatic hydroxyl groups is 1. The normalized spacial score (nSPS) is 11.3. The fraction of sp³-hybridized carbons (Fsp3) is 0.562. The van der Waals surface area contributed by atoms with E-state index < -0.39 is 5.60 Å². The SMILES string of the molecule is CCOc1ccc(SCC(=O)N(CC)CC(C)(C)O)cc1. The van der Waals surface area contributed by atoms with Crippen LogP contribution in [0, 0.1) is 0 Å². The average Bonchev–Trinajstić information content (AvgIpc) is 2.43. The third-order valence-corrected chi connectivity index (χ3v) is 3.81. The molecule has 1 rings (SSSR count). The Morgan fingerprint density at radius 3 is 2.38 bits per heavy atom. The molecule has 0 bridgehead atoms. The van der Waals surface area contributed by atoms with Crippen molar-refractivity contribution in [1.29, 1.82) is 0 Å². The van der Waals surface area contributed by atoms with Crippen molar-refractivity contribution in [2.45, 2.75) is 38.2 Å². The molecule has 0 radical (unpaired) electrons. The summed E-state index contributed by atoms with van der Waals surface area (Å²) in [4.78, 5) is 14.9. The number of amides is 1. The van der Waals surface area contributed by atoms with Gasteiger partial charge in [-0.1, -0.05) is 0 Å². The van der Waals surface area contributed by atoms with Crippen molar-refractivity contribution in [2.24, 2.45) is 0 Å². The molecule has 5 heteroatoms. The summed E-state index contributed by atoms with van der Waals surface area (Å²) in [6.07, 6.45) is 0. The summed E-state index contributed by atoms with van der Waals surface area (Å²) >= 11 is 1.50. The summed E-state index contributed by atoms with van der Waals surface area (Å²) < 4.78 is 5.38. The summed E-state index contributed by atoms with van der Waals surface area (Å²) in [5, 5.41) is 9.82. The van der Waals surface area contributed by atoms with Crippen molar-refractivity contribution in [1.82, 2.24) is 4.90 Å². The number of benzene rings is 1. The molecule has 0 saturated heterocycles. The zero-order chi connectivity index (χ0) is 15.9. The number of nitrogens with zero attached hydrogens (tertiary/aromatic N) is 1. The van der Waals surface area contributed by atoms with Crippen molar-refractivity contribution < 1.29 is 14.6 Å². The maximum Gasteiger partial charge on any atom is 0.233 e. The lowest BCUT2D eigenvalue weighted by molar-refractivity contribution is -0.131. The third-order valence-electron chi connectivity index (χ3n) is 2.81. The molecule has 1 N–H and O–H groups in total. The molecule has 0 fully saturated rings. The molecule has 0 aromatic heterocycles. The predicted molar refractivity (Wildman–Crippen MR) is 86.9 cm³/mol. The van der Waals surface area contributed by atoms with Crippen LogP contribution in [-0.4, -0.2) is 47.0 Å². The fourth-order valence-electron chi connectivity index (χ4n) is 1.88.